The van der Waals surface area contributed by atoms with Gasteiger partial charge in [-0.05, 0) is 19.4 Å². The number of rotatable bonds is 5. The summed E-state index contributed by atoms with van der Waals surface area (Å²) in [5.41, 5.74) is 1.81. The van der Waals surface area contributed by atoms with Gasteiger partial charge in [-0.15, -0.1) is 0 Å². The van der Waals surface area contributed by atoms with Crippen LogP contribution in [-0.4, -0.2) is 30.7 Å². The maximum absolute atomic E-state index is 12.2. The van der Waals surface area contributed by atoms with E-state index >= 15 is 0 Å². The summed E-state index contributed by atoms with van der Waals surface area (Å²) in [5.74, 6) is -1.36. The molecule has 1 aliphatic rings. The Morgan fingerprint density at radius 3 is 2.29 bits per heavy atom. The molecule has 0 aromatic heterocycles. The van der Waals surface area contributed by atoms with Crippen molar-refractivity contribution < 1.29 is 23.9 Å². The minimum Gasteiger partial charge on any atom is -0.464 e. The van der Waals surface area contributed by atoms with Gasteiger partial charge in [0, 0.05) is 6.42 Å². The number of hydrogen-bond acceptors (Lipinski definition) is 6. The van der Waals surface area contributed by atoms with Crippen LogP contribution in [0, 0.1) is 0 Å². The average Bonchev–Trinajstić information content (AvgIpc) is 2.95. The number of carbonyl (C=O) groups excluding carboxylic acids is 2. The molecule has 1 aliphatic heterocycles. The van der Waals surface area contributed by atoms with Crippen molar-refractivity contribution in [2.45, 2.75) is 31.9 Å². The molecule has 6 heteroatoms. The standard InChI is InChI=1S/C15H19NO5/c1-3-19-13(17)15(14(18)20-4-2)10-12(21-16-15)11-8-6-5-7-9-11/h5-9,12,16H,3-4,10H2,1-2H3. The lowest BCUT2D eigenvalue weighted by Crippen LogP contribution is -2.55. The first kappa shape index (κ1) is 15.5. The number of esters is 2. The molecule has 1 N–H and O–H groups in total. The summed E-state index contributed by atoms with van der Waals surface area (Å²) in [6, 6.07) is 9.37. The fraction of sp³-hybridized carbons (Fsp3) is 0.467. The summed E-state index contributed by atoms with van der Waals surface area (Å²) in [5, 5.41) is 0. The van der Waals surface area contributed by atoms with Gasteiger partial charge in [0.05, 0.1) is 13.2 Å². The van der Waals surface area contributed by atoms with Crippen LogP contribution in [0.25, 0.3) is 0 Å². The van der Waals surface area contributed by atoms with E-state index in [2.05, 4.69) is 5.48 Å². The molecule has 21 heavy (non-hydrogen) atoms. The highest BCUT2D eigenvalue weighted by Crippen LogP contribution is 2.35. The molecule has 0 saturated carbocycles. The van der Waals surface area contributed by atoms with Gasteiger partial charge in [0.25, 0.3) is 0 Å². The number of carbonyl (C=O) groups is 2. The molecule has 0 radical (unpaired) electrons. The largest absolute Gasteiger partial charge is 0.464 e. The van der Waals surface area contributed by atoms with Gasteiger partial charge in [0.15, 0.2) is 0 Å². The van der Waals surface area contributed by atoms with Crippen molar-refractivity contribution in [2.75, 3.05) is 13.2 Å². The lowest BCUT2D eigenvalue weighted by molar-refractivity contribution is -0.169. The second-order valence-corrected chi connectivity index (χ2v) is 4.67. The van der Waals surface area contributed by atoms with Crippen molar-refractivity contribution >= 4 is 11.9 Å². The van der Waals surface area contributed by atoms with Crippen LogP contribution in [0.4, 0.5) is 0 Å². The lowest BCUT2D eigenvalue weighted by atomic mass is 9.91. The van der Waals surface area contributed by atoms with Crippen molar-refractivity contribution in [1.29, 1.82) is 0 Å². The van der Waals surface area contributed by atoms with E-state index in [-0.39, 0.29) is 19.6 Å². The Kier molecular flexibility index (Phi) is 4.93. The maximum atomic E-state index is 12.2. The zero-order valence-electron chi connectivity index (χ0n) is 12.1. The summed E-state index contributed by atoms with van der Waals surface area (Å²) in [4.78, 5) is 29.8. The molecule has 1 unspecified atom stereocenters. The van der Waals surface area contributed by atoms with Gasteiger partial charge in [-0.25, -0.2) is 9.59 Å². The molecule has 1 saturated heterocycles. The number of hydrogen-bond donors (Lipinski definition) is 1. The first-order valence-corrected chi connectivity index (χ1v) is 6.96. The third-order valence-corrected chi connectivity index (χ3v) is 3.29. The molecular formula is C15H19NO5. The van der Waals surface area contributed by atoms with Crippen molar-refractivity contribution in [2.24, 2.45) is 0 Å². The van der Waals surface area contributed by atoms with Gasteiger partial charge < -0.3 is 9.47 Å². The normalized spacial score (nSPS) is 20.0. The molecule has 2 rings (SSSR count). The summed E-state index contributed by atoms with van der Waals surface area (Å²) >= 11 is 0. The number of benzene rings is 1. The predicted octanol–water partition coefficient (Wildman–Crippen LogP) is 1.52. The molecular weight excluding hydrogens is 274 g/mol. The van der Waals surface area contributed by atoms with Crippen LogP contribution in [0.15, 0.2) is 30.3 Å². The second kappa shape index (κ2) is 6.69. The maximum Gasteiger partial charge on any atom is 0.340 e. The summed E-state index contributed by atoms with van der Waals surface area (Å²) in [6.07, 6.45) is -0.283. The molecule has 0 spiro atoms. The summed E-state index contributed by atoms with van der Waals surface area (Å²) in [7, 11) is 0. The van der Waals surface area contributed by atoms with Crippen LogP contribution in [0.3, 0.4) is 0 Å². The molecule has 0 amide bonds. The van der Waals surface area contributed by atoms with Crippen molar-refractivity contribution in [3.05, 3.63) is 35.9 Å². The molecule has 1 atom stereocenters. The zero-order chi connectivity index (χ0) is 15.3. The van der Waals surface area contributed by atoms with Crippen LogP contribution in [0.5, 0.6) is 0 Å². The summed E-state index contributed by atoms with van der Waals surface area (Å²) in [6.45, 7) is 3.72. The first-order valence-electron chi connectivity index (χ1n) is 6.96. The van der Waals surface area contributed by atoms with Gasteiger partial charge in [0.1, 0.15) is 6.10 Å². The minimum absolute atomic E-state index is 0.134. The molecule has 114 valence electrons. The smallest absolute Gasteiger partial charge is 0.340 e. The Morgan fingerprint density at radius 2 is 1.76 bits per heavy atom. The molecule has 1 fully saturated rings. The van der Waals surface area contributed by atoms with Gasteiger partial charge >= 0.3 is 11.9 Å². The molecule has 0 aliphatic carbocycles. The number of ether oxygens (including phenoxy) is 2. The zero-order valence-corrected chi connectivity index (χ0v) is 12.1. The Morgan fingerprint density at radius 1 is 1.19 bits per heavy atom. The fourth-order valence-corrected chi connectivity index (χ4v) is 2.23. The topological polar surface area (TPSA) is 73.9 Å². The van der Waals surface area contributed by atoms with Crippen LogP contribution < -0.4 is 5.48 Å². The third kappa shape index (κ3) is 3.06. The van der Waals surface area contributed by atoms with E-state index in [1.54, 1.807) is 13.8 Å². The van der Waals surface area contributed by atoms with Crippen LogP contribution in [-0.2, 0) is 23.9 Å². The Balaban J connectivity index is 2.23. The van der Waals surface area contributed by atoms with Crippen LogP contribution >= 0.6 is 0 Å². The first-order chi connectivity index (χ1) is 10.1. The fourth-order valence-electron chi connectivity index (χ4n) is 2.23. The Labute approximate surface area is 123 Å². The average molecular weight is 293 g/mol. The van der Waals surface area contributed by atoms with Crippen molar-refractivity contribution in [3.63, 3.8) is 0 Å². The van der Waals surface area contributed by atoms with Crippen molar-refractivity contribution in [1.82, 2.24) is 5.48 Å². The molecule has 1 aromatic carbocycles. The van der Waals surface area contributed by atoms with Crippen LogP contribution in [0.1, 0.15) is 31.9 Å². The van der Waals surface area contributed by atoms with E-state index in [0.717, 1.165) is 5.56 Å². The van der Waals surface area contributed by atoms with Gasteiger partial charge in [-0.1, -0.05) is 30.3 Å². The molecule has 6 nitrogen and oxygen atoms in total. The number of hydroxylamine groups is 1. The second-order valence-electron chi connectivity index (χ2n) is 4.67. The Hall–Kier alpha value is -1.92. The predicted molar refractivity (Wildman–Crippen MR) is 74.0 cm³/mol. The lowest BCUT2D eigenvalue weighted by Gasteiger charge is -2.22. The van der Waals surface area contributed by atoms with Crippen LogP contribution in [0.2, 0.25) is 0 Å². The van der Waals surface area contributed by atoms with Gasteiger partial charge in [0.2, 0.25) is 5.54 Å². The highest BCUT2D eigenvalue weighted by atomic mass is 16.7. The third-order valence-electron chi connectivity index (χ3n) is 3.29. The number of nitrogens with one attached hydrogen (secondary N) is 1. The molecule has 1 aromatic rings. The highest BCUT2D eigenvalue weighted by molar-refractivity contribution is 6.05. The highest BCUT2D eigenvalue weighted by Gasteiger charge is 2.55. The molecule has 0 bridgehead atoms. The van der Waals surface area contributed by atoms with E-state index in [4.69, 9.17) is 14.3 Å². The quantitative estimate of drug-likeness (QED) is 0.655. The van der Waals surface area contributed by atoms with E-state index in [0.29, 0.717) is 0 Å². The van der Waals surface area contributed by atoms with Crippen molar-refractivity contribution in [3.8, 4) is 0 Å². The Bertz CT molecular complexity index is 484. The SMILES string of the molecule is CCOC(=O)C1(C(=O)OCC)CC(c2ccccc2)ON1. The van der Waals surface area contributed by atoms with Gasteiger partial charge in [-0.2, -0.15) is 5.48 Å². The summed E-state index contributed by atoms with van der Waals surface area (Å²) < 4.78 is 10.00. The molecule has 1 heterocycles. The monoisotopic (exact) mass is 293 g/mol. The van der Waals surface area contributed by atoms with E-state index in [9.17, 15) is 9.59 Å². The van der Waals surface area contributed by atoms with E-state index in [1.807, 2.05) is 30.3 Å². The van der Waals surface area contributed by atoms with E-state index < -0.39 is 23.6 Å². The minimum atomic E-state index is -1.60. The van der Waals surface area contributed by atoms with Gasteiger partial charge in [-0.3, -0.25) is 4.84 Å². The van der Waals surface area contributed by atoms with E-state index in [1.165, 1.54) is 0 Å².